The van der Waals surface area contributed by atoms with Crippen LogP contribution in [0.25, 0.3) is 0 Å². The molecule has 6 nitrogen and oxygen atoms in total. The van der Waals surface area contributed by atoms with E-state index in [0.29, 0.717) is 31.3 Å². The number of ether oxygens (including phenoxy) is 3. The van der Waals surface area contributed by atoms with Crippen LogP contribution in [0, 0.1) is 0 Å². The molecule has 6 heteroatoms. The Kier molecular flexibility index (Phi) is 3.73. The fraction of sp³-hybridized carbons (Fsp3) is 0.533. The molecule has 0 aliphatic carbocycles. The van der Waals surface area contributed by atoms with Crippen molar-refractivity contribution in [3.8, 4) is 5.75 Å². The van der Waals surface area contributed by atoms with Crippen molar-refractivity contribution in [3.05, 3.63) is 23.8 Å². The number of hydrogen-bond acceptors (Lipinski definition) is 5. The zero-order valence-electron chi connectivity index (χ0n) is 11.7. The normalized spacial score (nSPS) is 28.7. The summed E-state index contributed by atoms with van der Waals surface area (Å²) in [5.41, 5.74) is 6.25. The summed E-state index contributed by atoms with van der Waals surface area (Å²) < 4.78 is 17.2. The third-order valence-electron chi connectivity index (χ3n) is 4.07. The topological polar surface area (TPSA) is 91.0 Å². The fourth-order valence-electron chi connectivity index (χ4n) is 2.90. The van der Waals surface area contributed by atoms with Gasteiger partial charge < -0.3 is 25.1 Å². The predicted molar refractivity (Wildman–Crippen MR) is 75.6 cm³/mol. The van der Waals surface area contributed by atoms with Crippen LogP contribution in [0.4, 0.5) is 5.69 Å². The molecule has 21 heavy (non-hydrogen) atoms. The van der Waals surface area contributed by atoms with Gasteiger partial charge in [-0.15, -0.1) is 0 Å². The number of carboxylic acids is 1. The first kappa shape index (κ1) is 14.2. The Balaban J connectivity index is 1.74. The van der Waals surface area contributed by atoms with Crippen molar-refractivity contribution in [2.75, 3.05) is 25.6 Å². The highest BCUT2D eigenvalue weighted by Gasteiger charge is 2.41. The van der Waals surface area contributed by atoms with Gasteiger partial charge in [0.2, 0.25) is 0 Å². The van der Waals surface area contributed by atoms with Crippen LogP contribution >= 0.6 is 0 Å². The standard InChI is InChI=1S/C15H19NO5/c16-12-2-1-10(14(17)18)7-13(12)21-11-3-5-20-15(8-11)4-6-19-9-15/h1-2,7,11H,3-6,8-9,16H2,(H,17,18). The van der Waals surface area contributed by atoms with Gasteiger partial charge in [-0.2, -0.15) is 0 Å². The summed E-state index contributed by atoms with van der Waals surface area (Å²) in [5.74, 6) is -0.566. The highest BCUT2D eigenvalue weighted by molar-refractivity contribution is 5.89. The fourth-order valence-corrected chi connectivity index (χ4v) is 2.90. The number of rotatable bonds is 3. The number of anilines is 1. The van der Waals surface area contributed by atoms with E-state index >= 15 is 0 Å². The highest BCUT2D eigenvalue weighted by Crippen LogP contribution is 2.35. The molecule has 1 aromatic rings. The maximum Gasteiger partial charge on any atom is 0.335 e. The van der Waals surface area contributed by atoms with Crippen molar-refractivity contribution in [1.82, 2.24) is 0 Å². The number of carbonyl (C=O) groups is 1. The van der Waals surface area contributed by atoms with E-state index in [9.17, 15) is 4.79 Å². The molecule has 0 bridgehead atoms. The molecular formula is C15H19NO5. The second-order valence-electron chi connectivity index (χ2n) is 5.62. The lowest BCUT2D eigenvalue weighted by Crippen LogP contribution is -2.44. The number of hydrogen-bond donors (Lipinski definition) is 2. The van der Waals surface area contributed by atoms with E-state index in [-0.39, 0.29) is 17.3 Å². The smallest absolute Gasteiger partial charge is 0.335 e. The molecule has 2 unspecified atom stereocenters. The molecule has 3 N–H and O–H groups in total. The Labute approximate surface area is 122 Å². The summed E-state index contributed by atoms with van der Waals surface area (Å²) >= 11 is 0. The van der Waals surface area contributed by atoms with Crippen molar-refractivity contribution in [3.63, 3.8) is 0 Å². The lowest BCUT2D eigenvalue weighted by Gasteiger charge is -2.37. The first-order chi connectivity index (χ1) is 10.1. The molecule has 2 aliphatic heterocycles. The van der Waals surface area contributed by atoms with Crippen molar-refractivity contribution in [1.29, 1.82) is 0 Å². The van der Waals surface area contributed by atoms with Gasteiger partial charge in [0.25, 0.3) is 0 Å². The minimum absolute atomic E-state index is 0.0354. The molecule has 1 aromatic carbocycles. The highest BCUT2D eigenvalue weighted by atomic mass is 16.6. The Morgan fingerprint density at radius 3 is 3.00 bits per heavy atom. The van der Waals surface area contributed by atoms with Crippen molar-refractivity contribution in [2.24, 2.45) is 0 Å². The average molecular weight is 293 g/mol. The molecule has 0 aromatic heterocycles. The van der Waals surface area contributed by atoms with Gasteiger partial charge >= 0.3 is 5.97 Å². The van der Waals surface area contributed by atoms with E-state index < -0.39 is 5.97 Å². The number of nitrogen functional groups attached to an aromatic ring is 1. The van der Waals surface area contributed by atoms with Gasteiger partial charge in [0, 0.05) is 25.9 Å². The summed E-state index contributed by atoms with van der Waals surface area (Å²) in [5, 5.41) is 9.04. The lowest BCUT2D eigenvalue weighted by atomic mass is 9.91. The predicted octanol–water partition coefficient (Wildman–Crippen LogP) is 1.68. The molecular weight excluding hydrogens is 274 g/mol. The third-order valence-corrected chi connectivity index (χ3v) is 4.07. The second kappa shape index (κ2) is 5.54. The Morgan fingerprint density at radius 1 is 1.43 bits per heavy atom. The zero-order valence-corrected chi connectivity index (χ0v) is 11.7. The molecule has 2 saturated heterocycles. The maximum atomic E-state index is 11.0. The lowest BCUT2D eigenvalue weighted by molar-refractivity contribution is -0.112. The Morgan fingerprint density at radius 2 is 2.29 bits per heavy atom. The van der Waals surface area contributed by atoms with Crippen LogP contribution in [0.2, 0.25) is 0 Å². The molecule has 2 aliphatic rings. The van der Waals surface area contributed by atoms with Gasteiger partial charge in [0.05, 0.1) is 30.1 Å². The molecule has 2 fully saturated rings. The largest absolute Gasteiger partial charge is 0.488 e. The Bertz CT molecular complexity index is 539. The van der Waals surface area contributed by atoms with Crippen LogP contribution in [0.15, 0.2) is 18.2 Å². The molecule has 0 saturated carbocycles. The van der Waals surface area contributed by atoms with Gasteiger partial charge in [-0.25, -0.2) is 4.79 Å². The molecule has 114 valence electrons. The summed E-state index contributed by atoms with van der Waals surface area (Å²) in [6, 6.07) is 4.51. The van der Waals surface area contributed by atoms with E-state index in [1.807, 2.05) is 0 Å². The van der Waals surface area contributed by atoms with Crippen molar-refractivity contribution in [2.45, 2.75) is 31.0 Å². The first-order valence-electron chi connectivity index (χ1n) is 7.09. The molecule has 1 spiro atoms. The van der Waals surface area contributed by atoms with E-state index in [1.54, 1.807) is 6.07 Å². The van der Waals surface area contributed by atoms with E-state index in [4.69, 9.17) is 25.1 Å². The summed E-state index contributed by atoms with van der Waals surface area (Å²) in [7, 11) is 0. The van der Waals surface area contributed by atoms with E-state index in [1.165, 1.54) is 12.1 Å². The van der Waals surface area contributed by atoms with Crippen molar-refractivity contribution < 1.29 is 24.1 Å². The minimum Gasteiger partial charge on any atom is -0.488 e. The monoisotopic (exact) mass is 293 g/mol. The minimum atomic E-state index is -0.993. The Hall–Kier alpha value is -1.79. The third kappa shape index (κ3) is 2.96. The van der Waals surface area contributed by atoms with E-state index in [2.05, 4.69) is 0 Å². The van der Waals surface area contributed by atoms with Crippen LogP contribution in [0.1, 0.15) is 29.6 Å². The number of nitrogens with two attached hydrogens (primary N) is 1. The second-order valence-corrected chi connectivity index (χ2v) is 5.62. The summed E-state index contributed by atoms with van der Waals surface area (Å²) in [6.07, 6.45) is 2.34. The number of aromatic carboxylic acids is 1. The maximum absolute atomic E-state index is 11.0. The van der Waals surface area contributed by atoms with Crippen LogP contribution in [-0.4, -0.2) is 42.6 Å². The van der Waals surface area contributed by atoms with Crippen LogP contribution in [-0.2, 0) is 9.47 Å². The quantitative estimate of drug-likeness (QED) is 0.824. The molecule has 0 amide bonds. The molecule has 2 heterocycles. The van der Waals surface area contributed by atoms with Gasteiger partial charge in [0.15, 0.2) is 0 Å². The SMILES string of the molecule is Nc1ccc(C(=O)O)cc1OC1CCOC2(CCOC2)C1. The summed E-state index contributed by atoms with van der Waals surface area (Å²) in [4.78, 5) is 11.0. The number of carboxylic acid groups (broad SMARTS) is 1. The van der Waals surface area contributed by atoms with Gasteiger partial charge in [-0.05, 0) is 18.2 Å². The van der Waals surface area contributed by atoms with Gasteiger partial charge in [0.1, 0.15) is 11.9 Å². The van der Waals surface area contributed by atoms with Crippen LogP contribution in [0.3, 0.4) is 0 Å². The van der Waals surface area contributed by atoms with Gasteiger partial charge in [-0.1, -0.05) is 0 Å². The zero-order chi connectivity index (χ0) is 14.9. The first-order valence-corrected chi connectivity index (χ1v) is 7.09. The molecule has 2 atom stereocenters. The van der Waals surface area contributed by atoms with Gasteiger partial charge in [-0.3, -0.25) is 0 Å². The number of benzene rings is 1. The van der Waals surface area contributed by atoms with E-state index in [0.717, 1.165) is 19.3 Å². The van der Waals surface area contributed by atoms with Crippen molar-refractivity contribution >= 4 is 11.7 Å². The average Bonchev–Trinajstić information content (AvgIpc) is 2.89. The van der Waals surface area contributed by atoms with Crippen LogP contribution in [0.5, 0.6) is 5.75 Å². The van der Waals surface area contributed by atoms with Crippen LogP contribution < -0.4 is 10.5 Å². The molecule has 3 rings (SSSR count). The molecule has 0 radical (unpaired) electrons. The summed E-state index contributed by atoms with van der Waals surface area (Å²) in [6.45, 7) is 1.92.